The van der Waals surface area contributed by atoms with Crippen molar-refractivity contribution >= 4 is 29.2 Å². The molecule has 0 fully saturated rings. The van der Waals surface area contributed by atoms with Crippen molar-refractivity contribution in [3.8, 4) is 0 Å². The average molecular weight is 312 g/mol. The van der Waals surface area contributed by atoms with E-state index >= 15 is 0 Å². The Balaban J connectivity index is 1.90. The van der Waals surface area contributed by atoms with Gasteiger partial charge in [-0.25, -0.2) is 4.79 Å². The lowest BCUT2D eigenvalue weighted by Crippen LogP contribution is -2.31. The molecule has 1 amide bonds. The maximum Gasteiger partial charge on any atom is 0.377 e. The summed E-state index contributed by atoms with van der Waals surface area (Å²) in [7, 11) is 0. The number of halogens is 1. The molecule has 1 aromatic rings. The fraction of sp³-hybridized carbons (Fsp3) is 0.286. The lowest BCUT2D eigenvalue weighted by Gasteiger charge is -2.17. The molecule has 7 heteroatoms. The highest BCUT2D eigenvalue weighted by Crippen LogP contribution is 2.15. The fourth-order valence-electron chi connectivity index (χ4n) is 1.56. The van der Waals surface area contributed by atoms with Crippen LogP contribution in [0.5, 0.6) is 0 Å². The molecule has 0 aliphatic carbocycles. The number of benzene rings is 1. The first-order valence-corrected chi connectivity index (χ1v) is 6.66. The molecule has 21 heavy (non-hydrogen) atoms. The Hall–Kier alpha value is -2.21. The summed E-state index contributed by atoms with van der Waals surface area (Å²) < 4.78 is 15.0. The van der Waals surface area contributed by atoms with Crippen molar-refractivity contribution < 1.29 is 23.8 Å². The van der Waals surface area contributed by atoms with Gasteiger partial charge in [-0.05, 0) is 25.1 Å². The maximum atomic E-state index is 11.9. The van der Waals surface area contributed by atoms with Crippen molar-refractivity contribution in [2.24, 2.45) is 0 Å². The van der Waals surface area contributed by atoms with Gasteiger partial charge in [-0.3, -0.25) is 4.79 Å². The zero-order valence-electron chi connectivity index (χ0n) is 11.3. The van der Waals surface area contributed by atoms with Gasteiger partial charge in [0.05, 0.1) is 0 Å². The van der Waals surface area contributed by atoms with Crippen LogP contribution in [0.4, 0.5) is 5.69 Å². The van der Waals surface area contributed by atoms with E-state index in [1.807, 2.05) is 0 Å². The molecule has 1 atom stereocenters. The predicted molar refractivity (Wildman–Crippen MR) is 75.6 cm³/mol. The molecule has 1 N–H and O–H groups in total. The number of hydrogen-bond acceptors (Lipinski definition) is 5. The van der Waals surface area contributed by atoms with Gasteiger partial charge in [0.15, 0.2) is 6.10 Å². The minimum absolute atomic E-state index is 0.0522. The first-order chi connectivity index (χ1) is 10.1. The van der Waals surface area contributed by atoms with Crippen LogP contribution in [0.1, 0.15) is 6.92 Å². The molecule has 0 saturated carbocycles. The number of rotatable bonds is 4. The van der Waals surface area contributed by atoms with Gasteiger partial charge in [0.1, 0.15) is 19.5 Å². The highest BCUT2D eigenvalue weighted by atomic mass is 35.5. The second-order valence-electron chi connectivity index (χ2n) is 4.25. The minimum Gasteiger partial charge on any atom is -0.493 e. The number of carbonyl (C=O) groups excluding carboxylic acids is 2. The number of nitrogens with one attached hydrogen (secondary N) is 1. The molecular weight excluding hydrogens is 298 g/mol. The predicted octanol–water partition coefficient (Wildman–Crippen LogP) is 2.10. The molecule has 1 aliphatic rings. The Kier molecular flexibility index (Phi) is 5.05. The third-order valence-electron chi connectivity index (χ3n) is 2.60. The van der Waals surface area contributed by atoms with Gasteiger partial charge in [0, 0.05) is 10.7 Å². The van der Waals surface area contributed by atoms with Gasteiger partial charge in [-0.15, -0.1) is 0 Å². The zero-order valence-corrected chi connectivity index (χ0v) is 12.1. The van der Waals surface area contributed by atoms with Crippen LogP contribution in [-0.2, 0) is 23.8 Å². The Morgan fingerprint density at radius 2 is 2.19 bits per heavy atom. The summed E-state index contributed by atoms with van der Waals surface area (Å²) in [5, 5.41) is 3.09. The van der Waals surface area contributed by atoms with E-state index in [0.29, 0.717) is 17.3 Å². The number of amides is 1. The highest BCUT2D eigenvalue weighted by molar-refractivity contribution is 6.30. The smallest absolute Gasteiger partial charge is 0.377 e. The Labute approximate surface area is 126 Å². The van der Waals surface area contributed by atoms with E-state index < -0.39 is 18.0 Å². The molecule has 0 aromatic heterocycles. The van der Waals surface area contributed by atoms with Crippen molar-refractivity contribution in [3.63, 3.8) is 0 Å². The van der Waals surface area contributed by atoms with Crippen molar-refractivity contribution in [2.75, 3.05) is 18.5 Å². The second-order valence-corrected chi connectivity index (χ2v) is 4.68. The monoisotopic (exact) mass is 311 g/mol. The molecule has 1 aliphatic heterocycles. The highest BCUT2D eigenvalue weighted by Gasteiger charge is 2.23. The SMILES string of the molecule is C[C@H](OC(=O)C1=COCCO1)C(=O)Nc1cccc(Cl)c1. The summed E-state index contributed by atoms with van der Waals surface area (Å²) in [5.74, 6) is -1.27. The summed E-state index contributed by atoms with van der Waals surface area (Å²) in [5.41, 5.74) is 0.520. The first-order valence-electron chi connectivity index (χ1n) is 6.28. The molecule has 0 saturated heterocycles. The molecule has 0 spiro atoms. The van der Waals surface area contributed by atoms with Crippen molar-refractivity contribution in [3.05, 3.63) is 41.3 Å². The Bertz CT molecular complexity index is 572. The Morgan fingerprint density at radius 1 is 1.38 bits per heavy atom. The molecule has 6 nitrogen and oxygen atoms in total. The van der Waals surface area contributed by atoms with Crippen molar-refractivity contribution in [2.45, 2.75) is 13.0 Å². The summed E-state index contributed by atoms with van der Waals surface area (Å²) in [6.45, 7) is 2.10. The van der Waals surface area contributed by atoms with E-state index in [0.717, 1.165) is 0 Å². The fourth-order valence-corrected chi connectivity index (χ4v) is 1.75. The summed E-state index contributed by atoms with van der Waals surface area (Å²) >= 11 is 5.82. The van der Waals surface area contributed by atoms with Gasteiger partial charge in [-0.2, -0.15) is 0 Å². The molecule has 1 aromatic carbocycles. The number of ether oxygens (including phenoxy) is 3. The standard InChI is InChI=1S/C14H14ClNO5/c1-9(21-14(18)12-8-19-5-6-20-12)13(17)16-11-4-2-3-10(15)7-11/h2-4,7-9H,5-6H2,1H3,(H,16,17)/t9-/m0/s1. The van der Waals surface area contributed by atoms with Crippen LogP contribution >= 0.6 is 11.6 Å². The van der Waals surface area contributed by atoms with Crippen LogP contribution in [0.3, 0.4) is 0 Å². The number of esters is 1. The summed E-state index contributed by atoms with van der Waals surface area (Å²) in [4.78, 5) is 23.6. The quantitative estimate of drug-likeness (QED) is 0.862. The van der Waals surface area contributed by atoms with E-state index in [1.54, 1.807) is 24.3 Å². The van der Waals surface area contributed by atoms with Gasteiger partial charge in [0.2, 0.25) is 5.76 Å². The number of carbonyl (C=O) groups is 2. The molecule has 2 rings (SSSR count). The zero-order chi connectivity index (χ0) is 15.2. The van der Waals surface area contributed by atoms with E-state index in [2.05, 4.69) is 5.32 Å². The van der Waals surface area contributed by atoms with Crippen LogP contribution in [0, 0.1) is 0 Å². The second kappa shape index (κ2) is 6.99. The van der Waals surface area contributed by atoms with E-state index in [4.69, 9.17) is 25.8 Å². The van der Waals surface area contributed by atoms with Gasteiger partial charge in [0.25, 0.3) is 5.91 Å². The number of hydrogen-bond donors (Lipinski definition) is 1. The Morgan fingerprint density at radius 3 is 2.86 bits per heavy atom. The van der Waals surface area contributed by atoms with Crippen LogP contribution in [0.15, 0.2) is 36.3 Å². The van der Waals surface area contributed by atoms with E-state index in [9.17, 15) is 9.59 Å². The van der Waals surface area contributed by atoms with Gasteiger partial charge >= 0.3 is 5.97 Å². The van der Waals surface area contributed by atoms with Crippen molar-refractivity contribution in [1.29, 1.82) is 0 Å². The van der Waals surface area contributed by atoms with Crippen LogP contribution in [0.25, 0.3) is 0 Å². The summed E-state index contributed by atoms with van der Waals surface area (Å²) in [6, 6.07) is 6.66. The minimum atomic E-state index is -0.983. The first kappa shape index (κ1) is 15.2. The molecule has 0 unspecified atom stereocenters. The largest absolute Gasteiger partial charge is 0.493 e. The lowest BCUT2D eigenvalue weighted by molar-refractivity contribution is -0.153. The molecule has 0 bridgehead atoms. The van der Waals surface area contributed by atoms with Crippen LogP contribution in [-0.4, -0.2) is 31.2 Å². The topological polar surface area (TPSA) is 73.9 Å². The maximum absolute atomic E-state index is 11.9. The van der Waals surface area contributed by atoms with Crippen LogP contribution < -0.4 is 5.32 Å². The third-order valence-corrected chi connectivity index (χ3v) is 2.83. The third kappa shape index (κ3) is 4.39. The normalized spacial score (nSPS) is 15.0. The lowest BCUT2D eigenvalue weighted by atomic mass is 10.3. The number of anilines is 1. The van der Waals surface area contributed by atoms with Gasteiger partial charge < -0.3 is 19.5 Å². The summed E-state index contributed by atoms with van der Waals surface area (Å²) in [6.07, 6.45) is 0.191. The molecule has 1 heterocycles. The van der Waals surface area contributed by atoms with Crippen molar-refractivity contribution in [1.82, 2.24) is 0 Å². The van der Waals surface area contributed by atoms with E-state index in [-0.39, 0.29) is 12.4 Å². The van der Waals surface area contributed by atoms with Crippen LogP contribution in [0.2, 0.25) is 5.02 Å². The molecular formula is C14H14ClNO5. The van der Waals surface area contributed by atoms with Gasteiger partial charge in [-0.1, -0.05) is 17.7 Å². The van der Waals surface area contributed by atoms with E-state index in [1.165, 1.54) is 13.2 Å². The molecule has 0 radical (unpaired) electrons. The average Bonchev–Trinajstić information content (AvgIpc) is 2.48. The molecule has 112 valence electrons.